The second kappa shape index (κ2) is 9.91. The number of carbonyl (C=O) groups excluding carboxylic acids is 1. The number of hydrogen-bond donors (Lipinski definition) is 2. The van der Waals surface area contributed by atoms with E-state index in [-0.39, 0.29) is 17.5 Å². The van der Waals surface area contributed by atoms with Crippen LogP contribution in [0.1, 0.15) is 50.1 Å². The maximum atomic E-state index is 13.4. The molecule has 37 heavy (non-hydrogen) atoms. The zero-order valence-corrected chi connectivity index (χ0v) is 21.1. The third-order valence-corrected chi connectivity index (χ3v) is 7.33. The molecule has 1 aliphatic carbocycles. The van der Waals surface area contributed by atoms with Gasteiger partial charge in [-0.15, -0.1) is 0 Å². The summed E-state index contributed by atoms with van der Waals surface area (Å²) in [7, 11) is 0. The normalized spacial score (nSPS) is 17.5. The molecule has 11 heteroatoms. The summed E-state index contributed by atoms with van der Waals surface area (Å²) in [4.78, 5) is 37.8. The molecule has 2 aliphatic rings. The molecular formula is C26H26N6O4S. The molecule has 1 aliphatic heterocycles. The topological polar surface area (TPSA) is 120 Å². The summed E-state index contributed by atoms with van der Waals surface area (Å²) in [6.45, 7) is 2.73. The Labute approximate surface area is 216 Å². The SMILES string of the molecule is CC(=O)Nc1cc(Oc2cc3sc(Nc4cc(C5CC5)cn([C@@H]5CCCOC5)c4=O)nc3cn2)ccn1. The molecule has 2 fully saturated rings. The molecule has 6 rings (SSSR count). The third kappa shape index (κ3) is 5.32. The zero-order chi connectivity index (χ0) is 25.4. The predicted molar refractivity (Wildman–Crippen MR) is 141 cm³/mol. The lowest BCUT2D eigenvalue weighted by Crippen LogP contribution is -2.31. The maximum Gasteiger partial charge on any atom is 0.274 e. The summed E-state index contributed by atoms with van der Waals surface area (Å²) in [6.07, 6.45) is 9.41. The fourth-order valence-electron chi connectivity index (χ4n) is 4.45. The van der Waals surface area contributed by atoms with Crippen LogP contribution in [0.15, 0.2) is 47.7 Å². The fraction of sp³-hybridized carbons (Fsp3) is 0.346. The first-order valence-corrected chi connectivity index (χ1v) is 13.1. The Morgan fingerprint density at radius 1 is 1.22 bits per heavy atom. The number of nitrogens with zero attached hydrogens (tertiary/aromatic N) is 4. The average Bonchev–Trinajstić information content (AvgIpc) is 3.66. The van der Waals surface area contributed by atoms with Gasteiger partial charge in [-0.05, 0) is 49.3 Å². The van der Waals surface area contributed by atoms with Crippen molar-refractivity contribution in [3.63, 3.8) is 0 Å². The molecule has 0 bridgehead atoms. The van der Waals surface area contributed by atoms with Gasteiger partial charge in [-0.25, -0.2) is 15.0 Å². The highest BCUT2D eigenvalue weighted by atomic mass is 32.1. The number of thiazole rings is 1. The second-order valence-corrected chi connectivity index (χ2v) is 10.4. The van der Waals surface area contributed by atoms with Gasteiger partial charge in [0.1, 0.15) is 22.8 Å². The summed E-state index contributed by atoms with van der Waals surface area (Å²) < 4.78 is 14.2. The van der Waals surface area contributed by atoms with Gasteiger partial charge >= 0.3 is 0 Å². The largest absolute Gasteiger partial charge is 0.439 e. The maximum absolute atomic E-state index is 13.4. The number of ether oxygens (including phenoxy) is 2. The van der Waals surface area contributed by atoms with Gasteiger partial charge in [0.15, 0.2) is 5.13 Å². The number of rotatable bonds is 7. The Morgan fingerprint density at radius 3 is 2.89 bits per heavy atom. The van der Waals surface area contributed by atoms with Crippen LogP contribution in [-0.2, 0) is 9.53 Å². The second-order valence-electron chi connectivity index (χ2n) is 9.34. The van der Waals surface area contributed by atoms with Gasteiger partial charge in [0.2, 0.25) is 11.8 Å². The molecule has 0 unspecified atom stereocenters. The molecule has 4 aromatic rings. The number of aromatic nitrogens is 4. The van der Waals surface area contributed by atoms with Gasteiger partial charge in [-0.1, -0.05) is 11.3 Å². The quantitative estimate of drug-likeness (QED) is 0.352. The first-order chi connectivity index (χ1) is 18.0. The van der Waals surface area contributed by atoms with Crippen LogP contribution >= 0.6 is 11.3 Å². The van der Waals surface area contributed by atoms with E-state index in [1.807, 2.05) is 16.8 Å². The van der Waals surface area contributed by atoms with Crippen LogP contribution in [-0.4, -0.2) is 38.6 Å². The Hall–Kier alpha value is -3.83. The van der Waals surface area contributed by atoms with Crippen molar-refractivity contribution in [2.24, 2.45) is 0 Å². The Kier molecular flexibility index (Phi) is 6.31. The molecular weight excluding hydrogens is 492 g/mol. The lowest BCUT2D eigenvalue weighted by Gasteiger charge is -2.25. The van der Waals surface area contributed by atoms with E-state index >= 15 is 0 Å². The average molecular weight is 519 g/mol. The van der Waals surface area contributed by atoms with Crippen molar-refractivity contribution in [1.29, 1.82) is 0 Å². The van der Waals surface area contributed by atoms with Gasteiger partial charge < -0.3 is 24.7 Å². The highest BCUT2D eigenvalue weighted by molar-refractivity contribution is 7.22. The van der Waals surface area contributed by atoms with Crippen molar-refractivity contribution in [1.82, 2.24) is 19.5 Å². The third-order valence-electron chi connectivity index (χ3n) is 6.39. The van der Waals surface area contributed by atoms with Gasteiger partial charge in [-0.2, -0.15) is 0 Å². The van der Waals surface area contributed by atoms with E-state index in [1.54, 1.807) is 30.6 Å². The number of hydrogen-bond acceptors (Lipinski definition) is 9. The molecule has 5 heterocycles. The molecule has 0 aromatic carbocycles. The number of amides is 1. The minimum Gasteiger partial charge on any atom is -0.439 e. The lowest BCUT2D eigenvalue weighted by atomic mass is 10.1. The van der Waals surface area contributed by atoms with E-state index in [9.17, 15) is 9.59 Å². The molecule has 0 spiro atoms. The number of fused-ring (bicyclic) bond motifs is 1. The van der Waals surface area contributed by atoms with E-state index in [4.69, 9.17) is 9.47 Å². The first kappa shape index (κ1) is 23.6. The van der Waals surface area contributed by atoms with Crippen molar-refractivity contribution >= 4 is 44.1 Å². The van der Waals surface area contributed by atoms with E-state index in [0.717, 1.165) is 37.0 Å². The van der Waals surface area contributed by atoms with Crippen molar-refractivity contribution in [3.8, 4) is 11.6 Å². The number of nitrogens with one attached hydrogen (secondary N) is 2. The Balaban J connectivity index is 1.25. The highest BCUT2D eigenvalue weighted by Crippen LogP contribution is 2.41. The molecule has 1 saturated carbocycles. The smallest absolute Gasteiger partial charge is 0.274 e. The van der Waals surface area contributed by atoms with Crippen LogP contribution in [0.2, 0.25) is 0 Å². The summed E-state index contributed by atoms with van der Waals surface area (Å²) in [6, 6.07) is 7.14. The van der Waals surface area contributed by atoms with Crippen molar-refractivity contribution in [2.75, 3.05) is 23.8 Å². The molecule has 1 atom stereocenters. The lowest BCUT2D eigenvalue weighted by molar-refractivity contribution is -0.114. The molecule has 10 nitrogen and oxygen atoms in total. The van der Waals surface area contributed by atoms with Crippen molar-refractivity contribution < 1.29 is 14.3 Å². The molecule has 1 saturated heterocycles. The molecule has 1 amide bonds. The van der Waals surface area contributed by atoms with Gasteiger partial charge in [0.05, 0.1) is 23.5 Å². The summed E-state index contributed by atoms with van der Waals surface area (Å²) in [5.74, 6) is 1.58. The standard InChI is InChI=1S/C26H26N6O4S/c1-15(33)29-23-10-19(6-7-27-23)36-24-11-22-21(12-28-24)31-26(37-22)30-20-9-17(16-4-5-16)13-32(25(20)34)18-3-2-8-35-14-18/h6-7,9-13,16,18H,2-5,8,14H2,1H3,(H,30,31)(H,27,29,33)/t18-/m1/s1. The van der Waals surface area contributed by atoms with E-state index < -0.39 is 0 Å². The molecule has 4 aromatic heterocycles. The van der Waals surface area contributed by atoms with Crippen LogP contribution < -0.4 is 20.9 Å². The minimum atomic E-state index is -0.213. The van der Waals surface area contributed by atoms with Gasteiger partial charge in [0, 0.05) is 38.1 Å². The highest BCUT2D eigenvalue weighted by Gasteiger charge is 2.27. The monoisotopic (exact) mass is 518 g/mol. The number of anilines is 3. The fourth-order valence-corrected chi connectivity index (χ4v) is 5.33. The summed E-state index contributed by atoms with van der Waals surface area (Å²) in [5, 5.41) is 6.52. The Bertz CT molecular complexity index is 1520. The van der Waals surface area contributed by atoms with E-state index in [2.05, 4.69) is 25.6 Å². The van der Waals surface area contributed by atoms with Crippen LogP contribution in [0.25, 0.3) is 10.2 Å². The number of carbonyl (C=O) groups is 1. The van der Waals surface area contributed by atoms with Gasteiger partial charge in [-0.3, -0.25) is 9.59 Å². The van der Waals surface area contributed by atoms with Crippen LogP contribution in [0.3, 0.4) is 0 Å². The van der Waals surface area contributed by atoms with Crippen LogP contribution in [0.4, 0.5) is 16.6 Å². The van der Waals surface area contributed by atoms with Crippen LogP contribution in [0, 0.1) is 0 Å². The summed E-state index contributed by atoms with van der Waals surface area (Å²) >= 11 is 1.42. The predicted octanol–water partition coefficient (Wildman–Crippen LogP) is 4.97. The molecule has 2 N–H and O–H groups in total. The van der Waals surface area contributed by atoms with Crippen molar-refractivity contribution in [2.45, 2.75) is 44.6 Å². The van der Waals surface area contributed by atoms with E-state index in [0.29, 0.717) is 46.3 Å². The number of pyridine rings is 3. The Morgan fingerprint density at radius 2 is 2.11 bits per heavy atom. The van der Waals surface area contributed by atoms with Crippen molar-refractivity contribution in [3.05, 3.63) is 58.8 Å². The minimum absolute atomic E-state index is 0.0547. The summed E-state index contributed by atoms with van der Waals surface area (Å²) in [5.41, 5.74) is 2.35. The molecule has 0 radical (unpaired) electrons. The zero-order valence-electron chi connectivity index (χ0n) is 20.3. The van der Waals surface area contributed by atoms with Crippen LogP contribution in [0.5, 0.6) is 11.6 Å². The van der Waals surface area contributed by atoms with Gasteiger partial charge in [0.25, 0.3) is 5.56 Å². The molecule has 190 valence electrons. The van der Waals surface area contributed by atoms with E-state index in [1.165, 1.54) is 23.8 Å². The first-order valence-electron chi connectivity index (χ1n) is 12.3.